The predicted molar refractivity (Wildman–Crippen MR) is 103 cm³/mol. The van der Waals surface area contributed by atoms with Crippen molar-refractivity contribution >= 4 is 50.9 Å². The van der Waals surface area contributed by atoms with Crippen LogP contribution in [0, 0.1) is 0 Å². The van der Waals surface area contributed by atoms with Crippen LogP contribution in [-0.4, -0.2) is 30.1 Å². The first-order valence-electron chi connectivity index (χ1n) is 7.32. The molecule has 0 spiro atoms. The van der Waals surface area contributed by atoms with Crippen LogP contribution in [0.1, 0.15) is 10.4 Å². The van der Waals surface area contributed by atoms with E-state index in [1.807, 2.05) is 0 Å². The van der Waals surface area contributed by atoms with Gasteiger partial charge in [-0.25, -0.2) is 4.79 Å². The quantitative estimate of drug-likeness (QED) is 0.530. The van der Waals surface area contributed by atoms with Crippen molar-refractivity contribution in [2.24, 2.45) is 0 Å². The highest BCUT2D eigenvalue weighted by molar-refractivity contribution is 7.81. The van der Waals surface area contributed by atoms with Crippen molar-refractivity contribution in [2.75, 3.05) is 4.31 Å². The molecule has 0 saturated heterocycles. The number of aromatic hydroxyl groups is 2. The lowest BCUT2D eigenvalue weighted by molar-refractivity contribution is 0.0693. The second-order valence-corrected chi connectivity index (χ2v) is 7.77. The van der Waals surface area contributed by atoms with Gasteiger partial charge in [-0.3, -0.25) is 8.51 Å². The zero-order valence-electron chi connectivity index (χ0n) is 13.3. The van der Waals surface area contributed by atoms with Crippen molar-refractivity contribution in [2.45, 2.75) is 0 Å². The molecule has 0 aliphatic heterocycles. The average Bonchev–Trinajstić information content (AvgIpc) is 2.95. The molecule has 27 heavy (non-hydrogen) atoms. The highest BCUT2D eigenvalue weighted by Crippen LogP contribution is 2.44. The van der Waals surface area contributed by atoms with E-state index >= 15 is 0 Å². The summed E-state index contributed by atoms with van der Waals surface area (Å²) >= 11 is 4.47. The minimum Gasteiger partial charge on any atom is -0.755 e. The van der Waals surface area contributed by atoms with Gasteiger partial charge in [0.05, 0.1) is 17.0 Å². The molecule has 0 fully saturated rings. The summed E-state index contributed by atoms with van der Waals surface area (Å²) in [5.41, 5.74) is 0.823. The van der Waals surface area contributed by atoms with Crippen molar-refractivity contribution in [3.8, 4) is 22.6 Å². The number of phenols is 2. The molecule has 3 aromatic rings. The van der Waals surface area contributed by atoms with Gasteiger partial charge in [-0.1, -0.05) is 23.7 Å². The molecule has 7 nitrogen and oxygen atoms in total. The van der Waals surface area contributed by atoms with Crippen LogP contribution in [0.2, 0.25) is 4.34 Å². The molecule has 3 N–H and O–H groups in total. The summed E-state index contributed by atoms with van der Waals surface area (Å²) < 4.78 is 24.8. The molecule has 1 unspecified atom stereocenters. The number of thiophene rings is 1. The Balaban J connectivity index is 2.07. The van der Waals surface area contributed by atoms with E-state index in [1.165, 1.54) is 24.3 Å². The number of carboxylic acid groups (broad SMARTS) is 1. The number of rotatable bonds is 5. The zero-order chi connectivity index (χ0) is 19.7. The van der Waals surface area contributed by atoms with E-state index in [0.29, 0.717) is 15.5 Å². The highest BCUT2D eigenvalue weighted by Gasteiger charge is 2.19. The molecular weight excluding hydrogens is 414 g/mol. The molecular formula is C17H11ClNO6S2-. The SMILES string of the molecule is O=C(O)c1ccc(N(c2cc(-c3cccc(O)c3)c(Cl)s2)S(=O)[O-])cc1O. The monoisotopic (exact) mass is 424 g/mol. The maximum Gasteiger partial charge on any atom is 0.339 e. The molecule has 2 aromatic carbocycles. The van der Waals surface area contributed by atoms with E-state index in [-0.39, 0.29) is 22.0 Å². The first kappa shape index (κ1) is 19.2. The number of carbonyl (C=O) groups is 1. The van der Waals surface area contributed by atoms with E-state index in [2.05, 4.69) is 0 Å². The Morgan fingerprint density at radius 3 is 2.48 bits per heavy atom. The van der Waals surface area contributed by atoms with Crippen LogP contribution in [0.25, 0.3) is 11.1 Å². The molecule has 0 aliphatic rings. The van der Waals surface area contributed by atoms with Crippen LogP contribution in [0.15, 0.2) is 48.5 Å². The Morgan fingerprint density at radius 1 is 1.15 bits per heavy atom. The molecule has 0 radical (unpaired) electrons. The topological polar surface area (TPSA) is 121 Å². The van der Waals surface area contributed by atoms with Gasteiger partial charge in [-0.05, 0) is 35.9 Å². The second kappa shape index (κ2) is 7.57. The number of nitrogens with zero attached hydrogens (tertiary/aromatic N) is 1. The van der Waals surface area contributed by atoms with Crippen molar-refractivity contribution in [1.29, 1.82) is 0 Å². The smallest absolute Gasteiger partial charge is 0.339 e. The number of halogens is 1. The Labute approximate surface area is 165 Å². The van der Waals surface area contributed by atoms with Crippen molar-refractivity contribution in [3.05, 3.63) is 58.4 Å². The standard InChI is InChI=1S/C17H12ClNO6S2/c18-16-13(9-2-1-3-11(20)6-9)8-15(26-16)19(27(24)25)10-4-5-12(17(22)23)14(21)7-10/h1-8,20-21H,(H,22,23)(H,24,25)/p-1. The van der Waals surface area contributed by atoms with Gasteiger partial charge in [0.15, 0.2) is 0 Å². The fourth-order valence-corrected chi connectivity index (χ4v) is 4.46. The molecule has 0 amide bonds. The number of carboxylic acids is 1. The fourth-order valence-electron chi connectivity index (χ4n) is 2.44. The van der Waals surface area contributed by atoms with Gasteiger partial charge in [0.25, 0.3) is 0 Å². The Morgan fingerprint density at radius 2 is 1.89 bits per heavy atom. The Hall–Kier alpha value is -2.59. The molecule has 3 rings (SSSR count). The van der Waals surface area contributed by atoms with E-state index in [4.69, 9.17) is 16.7 Å². The average molecular weight is 425 g/mol. The zero-order valence-corrected chi connectivity index (χ0v) is 15.7. The van der Waals surface area contributed by atoms with Crippen LogP contribution in [0.3, 0.4) is 0 Å². The molecule has 0 aliphatic carbocycles. The highest BCUT2D eigenvalue weighted by atomic mass is 35.5. The number of benzene rings is 2. The number of hydrogen-bond acceptors (Lipinski definition) is 6. The van der Waals surface area contributed by atoms with Crippen LogP contribution < -0.4 is 4.31 Å². The second-order valence-electron chi connectivity index (χ2n) is 5.34. The molecule has 1 heterocycles. The lowest BCUT2D eigenvalue weighted by Crippen LogP contribution is -2.18. The number of hydrogen-bond donors (Lipinski definition) is 3. The van der Waals surface area contributed by atoms with Gasteiger partial charge in [-0.15, -0.1) is 11.3 Å². The number of aromatic carboxylic acids is 1. The Kier molecular flexibility index (Phi) is 5.38. The summed E-state index contributed by atoms with van der Waals surface area (Å²) in [5.74, 6) is -1.86. The van der Waals surface area contributed by atoms with E-state index in [9.17, 15) is 23.8 Å². The van der Waals surface area contributed by atoms with Crippen molar-refractivity contribution < 1.29 is 28.9 Å². The predicted octanol–water partition coefficient (Wildman–Crippen LogP) is 4.11. The summed E-state index contributed by atoms with van der Waals surface area (Å²) in [6.07, 6.45) is 0. The minimum absolute atomic E-state index is 0.0368. The summed E-state index contributed by atoms with van der Waals surface area (Å²) in [5, 5.41) is 28.7. The third kappa shape index (κ3) is 3.91. The van der Waals surface area contributed by atoms with Gasteiger partial charge < -0.3 is 19.9 Å². The van der Waals surface area contributed by atoms with Gasteiger partial charge >= 0.3 is 5.97 Å². The van der Waals surface area contributed by atoms with Gasteiger partial charge in [-0.2, -0.15) is 0 Å². The lowest BCUT2D eigenvalue weighted by Gasteiger charge is -2.25. The summed E-state index contributed by atoms with van der Waals surface area (Å²) in [6.45, 7) is 0. The van der Waals surface area contributed by atoms with Gasteiger partial charge in [0.1, 0.15) is 26.4 Å². The summed E-state index contributed by atoms with van der Waals surface area (Å²) in [4.78, 5) is 11.0. The molecule has 0 saturated carbocycles. The minimum atomic E-state index is -2.76. The van der Waals surface area contributed by atoms with E-state index in [1.54, 1.807) is 12.1 Å². The van der Waals surface area contributed by atoms with Gasteiger partial charge in [0, 0.05) is 11.6 Å². The van der Waals surface area contributed by atoms with Crippen molar-refractivity contribution in [3.63, 3.8) is 0 Å². The molecule has 1 atom stereocenters. The normalized spacial score (nSPS) is 11.9. The largest absolute Gasteiger partial charge is 0.755 e. The van der Waals surface area contributed by atoms with E-state index in [0.717, 1.165) is 27.8 Å². The maximum absolute atomic E-state index is 11.8. The number of anilines is 2. The van der Waals surface area contributed by atoms with Gasteiger partial charge in [0.2, 0.25) is 0 Å². The maximum atomic E-state index is 11.8. The third-order valence-electron chi connectivity index (χ3n) is 3.63. The number of phenolic OH excluding ortho intramolecular Hbond substituents is 1. The molecule has 140 valence electrons. The van der Waals surface area contributed by atoms with E-state index < -0.39 is 23.0 Å². The van der Waals surface area contributed by atoms with Crippen LogP contribution in [-0.2, 0) is 11.3 Å². The van der Waals surface area contributed by atoms with Crippen LogP contribution in [0.5, 0.6) is 11.5 Å². The third-order valence-corrected chi connectivity index (χ3v) is 5.79. The van der Waals surface area contributed by atoms with Crippen LogP contribution in [0.4, 0.5) is 10.7 Å². The van der Waals surface area contributed by atoms with Crippen molar-refractivity contribution in [1.82, 2.24) is 0 Å². The summed E-state index contributed by atoms with van der Waals surface area (Å²) in [7, 11) is 0. The summed E-state index contributed by atoms with van der Waals surface area (Å²) in [6, 6.07) is 11.3. The molecule has 1 aromatic heterocycles. The van der Waals surface area contributed by atoms with Crippen LogP contribution >= 0.6 is 22.9 Å². The lowest BCUT2D eigenvalue weighted by atomic mass is 10.1. The Bertz CT molecular complexity index is 1050. The first-order valence-corrected chi connectivity index (χ1v) is 9.55. The molecule has 10 heteroatoms. The fraction of sp³-hybridized carbons (Fsp3) is 0. The molecule has 0 bridgehead atoms. The first-order chi connectivity index (χ1) is 12.8.